The van der Waals surface area contributed by atoms with E-state index in [1.165, 1.54) is 12.1 Å². The third kappa shape index (κ3) is 6.81. The molecule has 2 N–H and O–H groups in total. The molecule has 40 heavy (non-hydrogen) atoms. The highest BCUT2D eigenvalue weighted by Crippen LogP contribution is 2.46. The van der Waals surface area contributed by atoms with Gasteiger partial charge in [0.25, 0.3) is 0 Å². The first kappa shape index (κ1) is 31.1. The molecule has 0 aromatic heterocycles. The van der Waals surface area contributed by atoms with Gasteiger partial charge in [-0.15, -0.1) is 0 Å². The van der Waals surface area contributed by atoms with E-state index in [9.17, 15) is 48.3 Å². The smallest absolute Gasteiger partial charge is 0.457 e. The Morgan fingerprint density at radius 2 is 1.45 bits per heavy atom. The molecule has 0 amide bonds. The van der Waals surface area contributed by atoms with Crippen molar-refractivity contribution in [1.82, 2.24) is 5.32 Å². The lowest BCUT2D eigenvalue weighted by Crippen LogP contribution is -2.38. The lowest BCUT2D eigenvalue weighted by Gasteiger charge is -2.21. The van der Waals surface area contributed by atoms with Gasteiger partial charge in [-0.1, -0.05) is 36.4 Å². The maximum Gasteiger partial charge on any atom is 0.458 e. The molecule has 3 aromatic carbocycles. The number of rotatable bonds is 8. The average molecular weight is 591 g/mol. The van der Waals surface area contributed by atoms with Gasteiger partial charge in [-0.25, -0.2) is 4.39 Å². The van der Waals surface area contributed by atoms with Gasteiger partial charge in [0.1, 0.15) is 17.3 Å². The Hall–Kier alpha value is -3.46. The van der Waals surface area contributed by atoms with Crippen LogP contribution in [-0.2, 0) is 18.6 Å². The molecule has 0 heterocycles. The van der Waals surface area contributed by atoms with Crippen molar-refractivity contribution in [2.75, 3.05) is 6.54 Å². The van der Waals surface area contributed by atoms with Crippen LogP contribution in [0.1, 0.15) is 16.7 Å². The van der Waals surface area contributed by atoms with Gasteiger partial charge < -0.3 is 15.2 Å². The minimum Gasteiger partial charge on any atom is -0.457 e. The molecule has 1 atom stereocenters. The SMILES string of the molecule is O[C@H](CNCc1ccc(C(F)(F)F)c(-c2ccccc2Oc2cccc(C(F)(F)C(F)(F)F)c2)c1F)C(F)(F)F. The Balaban J connectivity index is 2.05. The van der Waals surface area contributed by atoms with Crippen LogP contribution in [0.3, 0.4) is 0 Å². The summed E-state index contributed by atoms with van der Waals surface area (Å²) in [7, 11) is 0. The zero-order valence-corrected chi connectivity index (χ0v) is 19.7. The number of nitrogens with one attached hydrogen (secondary N) is 1. The first-order chi connectivity index (χ1) is 18.3. The number of para-hydroxylation sites is 1. The highest BCUT2D eigenvalue weighted by molar-refractivity contribution is 5.75. The fourth-order valence-electron chi connectivity index (χ4n) is 3.52. The van der Waals surface area contributed by atoms with Gasteiger partial charge in [0, 0.05) is 35.3 Å². The second kappa shape index (κ2) is 11.2. The fourth-order valence-corrected chi connectivity index (χ4v) is 3.52. The van der Waals surface area contributed by atoms with Crippen molar-refractivity contribution in [3.63, 3.8) is 0 Å². The van der Waals surface area contributed by atoms with E-state index in [0.29, 0.717) is 24.3 Å². The molecule has 3 nitrogen and oxygen atoms in total. The van der Waals surface area contributed by atoms with Crippen LogP contribution < -0.4 is 10.1 Å². The van der Waals surface area contributed by atoms with Crippen molar-refractivity contribution in [2.24, 2.45) is 0 Å². The average Bonchev–Trinajstić information content (AvgIpc) is 2.83. The fraction of sp³-hybridized carbons (Fsp3) is 0.280. The van der Waals surface area contributed by atoms with Crippen LogP contribution in [0, 0.1) is 5.82 Å². The van der Waals surface area contributed by atoms with Crippen molar-refractivity contribution in [1.29, 1.82) is 0 Å². The summed E-state index contributed by atoms with van der Waals surface area (Å²) in [5.74, 6) is -8.02. The minimum absolute atomic E-state index is 0.317. The predicted octanol–water partition coefficient (Wildman–Crippen LogP) is 7.97. The van der Waals surface area contributed by atoms with Crippen LogP contribution in [0.2, 0.25) is 0 Å². The summed E-state index contributed by atoms with van der Waals surface area (Å²) in [4.78, 5) is 0. The molecule has 0 saturated heterocycles. The topological polar surface area (TPSA) is 41.5 Å². The number of benzene rings is 3. The third-order valence-electron chi connectivity index (χ3n) is 5.50. The number of alkyl halides is 11. The zero-order valence-electron chi connectivity index (χ0n) is 19.7. The second-order valence-corrected chi connectivity index (χ2v) is 8.35. The third-order valence-corrected chi connectivity index (χ3v) is 5.50. The van der Waals surface area contributed by atoms with E-state index >= 15 is 4.39 Å². The molecule has 218 valence electrons. The summed E-state index contributed by atoms with van der Waals surface area (Å²) in [6.07, 6.45) is -19.0. The summed E-state index contributed by atoms with van der Waals surface area (Å²) in [5.41, 5.74) is -5.28. The van der Waals surface area contributed by atoms with Gasteiger partial charge in [-0.3, -0.25) is 0 Å². The summed E-state index contributed by atoms with van der Waals surface area (Å²) in [6.45, 7) is -1.83. The van der Waals surface area contributed by atoms with Crippen LogP contribution in [0.4, 0.5) is 52.7 Å². The number of hydrogen-bond donors (Lipinski definition) is 2. The number of aliphatic hydroxyl groups excluding tert-OH is 1. The van der Waals surface area contributed by atoms with Gasteiger partial charge in [-0.2, -0.15) is 48.3 Å². The van der Waals surface area contributed by atoms with Crippen LogP contribution in [0.15, 0.2) is 60.7 Å². The molecule has 0 saturated carbocycles. The van der Waals surface area contributed by atoms with Gasteiger partial charge in [0.2, 0.25) is 0 Å². The molecule has 3 rings (SSSR count). The number of halogens is 12. The largest absolute Gasteiger partial charge is 0.458 e. The monoisotopic (exact) mass is 591 g/mol. The minimum atomic E-state index is -5.96. The Kier molecular flexibility index (Phi) is 8.70. The number of ether oxygens (including phenoxy) is 1. The van der Waals surface area contributed by atoms with E-state index in [4.69, 9.17) is 9.84 Å². The van der Waals surface area contributed by atoms with Gasteiger partial charge in [-0.05, 0) is 24.3 Å². The van der Waals surface area contributed by atoms with Crippen molar-refractivity contribution in [2.45, 2.75) is 37.1 Å². The molecule has 0 unspecified atom stereocenters. The molecule has 0 bridgehead atoms. The van der Waals surface area contributed by atoms with Gasteiger partial charge in [0.05, 0.1) is 5.56 Å². The Morgan fingerprint density at radius 3 is 2.05 bits per heavy atom. The van der Waals surface area contributed by atoms with E-state index in [2.05, 4.69) is 5.32 Å². The van der Waals surface area contributed by atoms with E-state index < -0.39 is 88.8 Å². The molecule has 0 aliphatic heterocycles. The maximum absolute atomic E-state index is 15.5. The van der Waals surface area contributed by atoms with E-state index in [1.54, 1.807) is 0 Å². The van der Waals surface area contributed by atoms with E-state index in [-0.39, 0.29) is 0 Å². The zero-order chi connectivity index (χ0) is 30.1. The summed E-state index contributed by atoms with van der Waals surface area (Å²) < 4.78 is 166. The van der Waals surface area contributed by atoms with Crippen LogP contribution in [-0.4, -0.2) is 30.1 Å². The quantitative estimate of drug-likeness (QED) is 0.261. The predicted molar refractivity (Wildman–Crippen MR) is 117 cm³/mol. The van der Waals surface area contributed by atoms with Crippen LogP contribution in [0.5, 0.6) is 11.5 Å². The molecule has 3 aromatic rings. The van der Waals surface area contributed by atoms with Crippen molar-refractivity contribution < 1.29 is 62.5 Å². The normalized spacial score (nSPS) is 13.8. The van der Waals surface area contributed by atoms with Crippen molar-refractivity contribution in [3.8, 4) is 22.6 Å². The van der Waals surface area contributed by atoms with Crippen LogP contribution in [0.25, 0.3) is 11.1 Å². The second-order valence-electron chi connectivity index (χ2n) is 8.35. The lowest BCUT2D eigenvalue weighted by molar-refractivity contribution is -0.289. The van der Waals surface area contributed by atoms with E-state index in [0.717, 1.165) is 24.3 Å². The molecule has 0 spiro atoms. The van der Waals surface area contributed by atoms with Crippen molar-refractivity contribution in [3.05, 3.63) is 83.2 Å². The number of aliphatic hydroxyl groups is 1. The first-order valence-electron chi connectivity index (χ1n) is 11.0. The molecule has 0 aliphatic carbocycles. The molecular weight excluding hydrogens is 574 g/mol. The summed E-state index contributed by atoms with van der Waals surface area (Å²) in [5, 5.41) is 11.1. The Bertz CT molecular complexity index is 1330. The molecule has 0 fully saturated rings. The first-order valence-corrected chi connectivity index (χ1v) is 11.0. The Morgan fingerprint density at radius 1 is 0.800 bits per heavy atom. The van der Waals surface area contributed by atoms with Crippen LogP contribution >= 0.6 is 0 Å². The van der Waals surface area contributed by atoms with Gasteiger partial charge in [0.15, 0.2) is 6.10 Å². The molecule has 0 aliphatic rings. The standard InChI is InChI=1S/C25H17F12NO2/c26-21-13(11-38-12-19(39)24(32,33)34)8-9-17(23(29,30)31)20(21)16-6-1-2-7-18(16)40-15-5-3-4-14(10-15)22(27,28)25(35,36)37/h1-10,19,38-39H,11-12H2/t19-/m1/s1. The molecule has 15 heteroatoms. The highest BCUT2D eigenvalue weighted by Gasteiger charge is 2.58. The lowest BCUT2D eigenvalue weighted by atomic mass is 9.95. The van der Waals surface area contributed by atoms with Gasteiger partial charge >= 0.3 is 24.5 Å². The summed E-state index contributed by atoms with van der Waals surface area (Å²) in [6, 6.07) is 7.98. The van der Waals surface area contributed by atoms with E-state index in [1.807, 2.05) is 0 Å². The maximum atomic E-state index is 15.5. The summed E-state index contributed by atoms with van der Waals surface area (Å²) >= 11 is 0. The highest BCUT2D eigenvalue weighted by atomic mass is 19.4. The molecule has 0 radical (unpaired) electrons. The van der Waals surface area contributed by atoms with Crippen molar-refractivity contribution >= 4 is 0 Å². The molecular formula is C25H17F12NO2. The number of hydrogen-bond acceptors (Lipinski definition) is 3. The Labute approximate surface area is 218 Å².